The van der Waals surface area contributed by atoms with Crippen LogP contribution in [-0.4, -0.2) is 17.5 Å². The Kier molecular flexibility index (Phi) is 6.60. The summed E-state index contributed by atoms with van der Waals surface area (Å²) in [6.07, 6.45) is 1.15. The zero-order valence-corrected chi connectivity index (χ0v) is 11.7. The standard InChI is InChI=1S/C14H22FNS/c1-4-11(3)17-10-14(16-5-2)12-8-6-7-9-13(12)15/h6-9,11,14,16H,4-5,10H2,1-3H3. The SMILES string of the molecule is CCNC(CSC(C)CC)c1ccccc1F. The van der Waals surface area contributed by atoms with Crippen LogP contribution < -0.4 is 5.32 Å². The fourth-order valence-corrected chi connectivity index (χ4v) is 2.70. The van der Waals surface area contributed by atoms with Crippen molar-refractivity contribution in [3.05, 3.63) is 35.6 Å². The highest BCUT2D eigenvalue weighted by Crippen LogP contribution is 2.24. The molecule has 0 radical (unpaired) electrons. The molecule has 1 nitrogen and oxygen atoms in total. The van der Waals surface area contributed by atoms with E-state index >= 15 is 0 Å². The minimum Gasteiger partial charge on any atom is -0.309 e. The third-order valence-corrected chi connectivity index (χ3v) is 4.28. The number of thioether (sulfide) groups is 1. The van der Waals surface area contributed by atoms with Crippen LogP contribution in [0.5, 0.6) is 0 Å². The summed E-state index contributed by atoms with van der Waals surface area (Å²) < 4.78 is 13.7. The molecule has 1 aromatic rings. The first-order chi connectivity index (χ1) is 8.19. The zero-order chi connectivity index (χ0) is 12.7. The van der Waals surface area contributed by atoms with Crippen molar-refractivity contribution in [1.29, 1.82) is 0 Å². The van der Waals surface area contributed by atoms with Gasteiger partial charge in [-0.15, -0.1) is 0 Å². The van der Waals surface area contributed by atoms with Crippen LogP contribution in [0.3, 0.4) is 0 Å². The largest absolute Gasteiger partial charge is 0.309 e. The van der Waals surface area contributed by atoms with Crippen molar-refractivity contribution < 1.29 is 4.39 Å². The molecule has 0 aliphatic heterocycles. The topological polar surface area (TPSA) is 12.0 Å². The molecule has 96 valence electrons. The molecular formula is C14H22FNS. The molecule has 0 aliphatic carbocycles. The van der Waals surface area contributed by atoms with Crippen LogP contribution in [0.2, 0.25) is 0 Å². The predicted octanol–water partition coefficient (Wildman–Crippen LogP) is 4.01. The second kappa shape index (κ2) is 7.72. The molecule has 1 aromatic carbocycles. The normalized spacial score (nSPS) is 14.6. The zero-order valence-electron chi connectivity index (χ0n) is 10.9. The second-order valence-electron chi connectivity index (χ2n) is 4.18. The molecular weight excluding hydrogens is 233 g/mol. The summed E-state index contributed by atoms with van der Waals surface area (Å²) in [5.41, 5.74) is 0.783. The number of hydrogen-bond acceptors (Lipinski definition) is 2. The van der Waals surface area contributed by atoms with Crippen molar-refractivity contribution in [3.8, 4) is 0 Å². The Morgan fingerprint density at radius 2 is 2.00 bits per heavy atom. The fraction of sp³-hybridized carbons (Fsp3) is 0.571. The molecule has 0 saturated heterocycles. The van der Waals surface area contributed by atoms with Crippen molar-refractivity contribution in [2.24, 2.45) is 0 Å². The molecule has 1 rings (SSSR count). The van der Waals surface area contributed by atoms with Gasteiger partial charge in [-0.1, -0.05) is 39.0 Å². The predicted molar refractivity (Wildman–Crippen MR) is 75.0 cm³/mol. The van der Waals surface area contributed by atoms with Crippen LogP contribution in [-0.2, 0) is 0 Å². The minimum atomic E-state index is -0.108. The molecule has 0 aliphatic rings. The maximum Gasteiger partial charge on any atom is 0.128 e. The molecule has 3 heteroatoms. The Hall–Kier alpha value is -0.540. The molecule has 0 heterocycles. The molecule has 0 spiro atoms. The number of nitrogens with one attached hydrogen (secondary N) is 1. The molecule has 2 atom stereocenters. The Morgan fingerprint density at radius 3 is 2.59 bits per heavy atom. The second-order valence-corrected chi connectivity index (χ2v) is 5.66. The van der Waals surface area contributed by atoms with Crippen molar-refractivity contribution in [2.75, 3.05) is 12.3 Å². The van der Waals surface area contributed by atoms with Crippen molar-refractivity contribution in [2.45, 2.75) is 38.5 Å². The number of rotatable bonds is 7. The highest BCUT2D eigenvalue weighted by molar-refractivity contribution is 7.99. The summed E-state index contributed by atoms with van der Waals surface area (Å²) in [7, 11) is 0. The van der Waals surface area contributed by atoms with Gasteiger partial charge in [0, 0.05) is 22.6 Å². The monoisotopic (exact) mass is 255 g/mol. The summed E-state index contributed by atoms with van der Waals surface area (Å²) in [5.74, 6) is 0.812. The van der Waals surface area contributed by atoms with E-state index in [-0.39, 0.29) is 11.9 Å². The quantitative estimate of drug-likeness (QED) is 0.790. The summed E-state index contributed by atoms with van der Waals surface area (Å²) in [4.78, 5) is 0. The van der Waals surface area contributed by atoms with Gasteiger partial charge >= 0.3 is 0 Å². The van der Waals surface area contributed by atoms with Crippen LogP contribution in [0.4, 0.5) is 4.39 Å². The first-order valence-corrected chi connectivity index (χ1v) is 7.33. The van der Waals surface area contributed by atoms with E-state index in [1.165, 1.54) is 6.07 Å². The maximum absolute atomic E-state index is 13.7. The summed E-state index contributed by atoms with van der Waals surface area (Å²) in [6, 6.07) is 7.16. The van der Waals surface area contributed by atoms with Gasteiger partial charge in [0.2, 0.25) is 0 Å². The summed E-state index contributed by atoms with van der Waals surface area (Å²) in [5, 5.41) is 3.99. The van der Waals surface area contributed by atoms with Gasteiger partial charge in [-0.2, -0.15) is 11.8 Å². The number of hydrogen-bond donors (Lipinski definition) is 1. The molecule has 0 aromatic heterocycles. The fourth-order valence-electron chi connectivity index (χ4n) is 1.64. The lowest BCUT2D eigenvalue weighted by atomic mass is 10.1. The van der Waals surface area contributed by atoms with Crippen LogP contribution in [0.1, 0.15) is 38.8 Å². The van der Waals surface area contributed by atoms with Crippen LogP contribution >= 0.6 is 11.8 Å². The highest BCUT2D eigenvalue weighted by Gasteiger charge is 2.15. The molecule has 2 unspecified atom stereocenters. The van der Waals surface area contributed by atoms with Gasteiger partial charge < -0.3 is 5.32 Å². The van der Waals surface area contributed by atoms with E-state index in [2.05, 4.69) is 26.1 Å². The molecule has 0 fully saturated rings. The number of benzene rings is 1. The number of halogens is 1. The smallest absolute Gasteiger partial charge is 0.128 e. The first kappa shape index (κ1) is 14.5. The van der Waals surface area contributed by atoms with Crippen LogP contribution in [0.15, 0.2) is 24.3 Å². The molecule has 0 bridgehead atoms. The Bertz CT molecular complexity index is 330. The summed E-state index contributed by atoms with van der Waals surface area (Å²) in [6.45, 7) is 7.32. The van der Waals surface area contributed by atoms with E-state index in [1.807, 2.05) is 23.9 Å². The van der Waals surface area contributed by atoms with Crippen molar-refractivity contribution in [3.63, 3.8) is 0 Å². The average Bonchev–Trinajstić information content (AvgIpc) is 2.35. The van der Waals surface area contributed by atoms with Gasteiger partial charge in [-0.05, 0) is 19.0 Å². The maximum atomic E-state index is 13.7. The van der Waals surface area contributed by atoms with E-state index in [0.29, 0.717) is 5.25 Å². The van der Waals surface area contributed by atoms with Crippen LogP contribution in [0, 0.1) is 5.82 Å². The van der Waals surface area contributed by atoms with Gasteiger partial charge in [-0.25, -0.2) is 4.39 Å². The van der Waals surface area contributed by atoms with E-state index in [4.69, 9.17) is 0 Å². The lowest BCUT2D eigenvalue weighted by molar-refractivity contribution is 0.545. The molecule has 0 saturated carbocycles. The van der Waals surface area contributed by atoms with E-state index < -0.39 is 0 Å². The van der Waals surface area contributed by atoms with Gasteiger partial charge in [0.1, 0.15) is 5.82 Å². The van der Waals surface area contributed by atoms with Crippen molar-refractivity contribution >= 4 is 11.8 Å². The van der Waals surface area contributed by atoms with E-state index in [1.54, 1.807) is 6.07 Å². The summed E-state index contributed by atoms with van der Waals surface area (Å²) >= 11 is 1.90. The van der Waals surface area contributed by atoms with E-state index in [9.17, 15) is 4.39 Å². The first-order valence-electron chi connectivity index (χ1n) is 6.28. The van der Waals surface area contributed by atoms with Gasteiger partial charge in [-0.3, -0.25) is 0 Å². The van der Waals surface area contributed by atoms with E-state index in [0.717, 1.165) is 24.3 Å². The lowest BCUT2D eigenvalue weighted by Gasteiger charge is -2.20. The highest BCUT2D eigenvalue weighted by atomic mass is 32.2. The molecule has 17 heavy (non-hydrogen) atoms. The Morgan fingerprint density at radius 1 is 1.29 bits per heavy atom. The molecule has 0 amide bonds. The Labute approximate surface area is 108 Å². The van der Waals surface area contributed by atoms with Crippen molar-refractivity contribution in [1.82, 2.24) is 5.32 Å². The average molecular weight is 255 g/mol. The van der Waals surface area contributed by atoms with Gasteiger partial charge in [0.15, 0.2) is 0 Å². The Balaban J connectivity index is 2.68. The third kappa shape index (κ3) is 4.68. The lowest BCUT2D eigenvalue weighted by Crippen LogP contribution is -2.24. The van der Waals surface area contributed by atoms with Gasteiger partial charge in [0.05, 0.1) is 0 Å². The third-order valence-electron chi connectivity index (χ3n) is 2.85. The van der Waals surface area contributed by atoms with Crippen LogP contribution in [0.25, 0.3) is 0 Å². The van der Waals surface area contributed by atoms with Gasteiger partial charge in [0.25, 0.3) is 0 Å². The minimum absolute atomic E-state index is 0.108. The molecule has 1 N–H and O–H groups in total.